The number of aryl methyl sites for hydroxylation is 2. The lowest BCUT2D eigenvalue weighted by Gasteiger charge is -2.29. The summed E-state index contributed by atoms with van der Waals surface area (Å²) in [6, 6.07) is 4.24. The lowest BCUT2D eigenvalue weighted by Crippen LogP contribution is -2.43. The number of piperidine rings is 1. The van der Waals surface area contributed by atoms with Crippen molar-refractivity contribution in [2.45, 2.75) is 32.7 Å². The standard InChI is InChI=1S/C14H20N6/c1-9-5-6-12(10(2)16-9)13-17-14(19-18-13)20-7-3-4-11(15)8-20/h5-6,11H,3-4,7-8,15H2,1-2H3,(H,17,18,19). The Morgan fingerprint density at radius 3 is 2.90 bits per heavy atom. The molecule has 3 N–H and O–H groups in total. The highest BCUT2D eigenvalue weighted by Gasteiger charge is 2.20. The second-order valence-electron chi connectivity index (χ2n) is 5.42. The zero-order chi connectivity index (χ0) is 14.1. The molecule has 0 radical (unpaired) electrons. The van der Waals surface area contributed by atoms with Gasteiger partial charge in [-0.15, -0.1) is 5.10 Å². The lowest BCUT2D eigenvalue weighted by atomic mass is 10.1. The van der Waals surface area contributed by atoms with Gasteiger partial charge in [0, 0.05) is 36.1 Å². The molecule has 0 bridgehead atoms. The summed E-state index contributed by atoms with van der Waals surface area (Å²) in [6.07, 6.45) is 2.17. The van der Waals surface area contributed by atoms with Crippen LogP contribution in [0, 0.1) is 13.8 Å². The van der Waals surface area contributed by atoms with Crippen LogP contribution in [0.25, 0.3) is 11.4 Å². The van der Waals surface area contributed by atoms with Crippen molar-refractivity contribution in [2.24, 2.45) is 5.73 Å². The van der Waals surface area contributed by atoms with E-state index in [2.05, 4.69) is 25.1 Å². The van der Waals surface area contributed by atoms with Gasteiger partial charge in [0.05, 0.1) is 0 Å². The summed E-state index contributed by atoms with van der Waals surface area (Å²) in [4.78, 5) is 11.2. The molecule has 20 heavy (non-hydrogen) atoms. The predicted octanol–water partition coefficient (Wildman–Crippen LogP) is 1.41. The Hall–Kier alpha value is -1.95. The van der Waals surface area contributed by atoms with Crippen molar-refractivity contribution in [2.75, 3.05) is 18.0 Å². The molecule has 1 atom stereocenters. The Labute approximate surface area is 118 Å². The number of hydrogen-bond acceptors (Lipinski definition) is 5. The normalized spacial score (nSPS) is 19.4. The van der Waals surface area contributed by atoms with Gasteiger partial charge in [0.15, 0.2) is 5.82 Å². The average molecular weight is 272 g/mol. The molecule has 2 aromatic rings. The SMILES string of the molecule is Cc1ccc(-c2nc(N3CCCC(N)C3)n[nH]2)c(C)n1. The fraction of sp³-hybridized carbons (Fsp3) is 0.500. The van der Waals surface area contributed by atoms with Gasteiger partial charge in [0.25, 0.3) is 0 Å². The first-order valence-electron chi connectivity index (χ1n) is 7.01. The van der Waals surface area contributed by atoms with Crippen molar-refractivity contribution in [1.29, 1.82) is 0 Å². The number of aromatic amines is 1. The molecular weight excluding hydrogens is 252 g/mol. The number of anilines is 1. The van der Waals surface area contributed by atoms with Gasteiger partial charge in [-0.2, -0.15) is 4.98 Å². The summed E-state index contributed by atoms with van der Waals surface area (Å²) >= 11 is 0. The summed E-state index contributed by atoms with van der Waals surface area (Å²) in [5, 5.41) is 7.33. The Kier molecular flexibility index (Phi) is 3.40. The van der Waals surface area contributed by atoms with Crippen LogP contribution in [0.15, 0.2) is 12.1 Å². The molecule has 1 unspecified atom stereocenters. The monoisotopic (exact) mass is 272 g/mol. The Morgan fingerprint density at radius 2 is 2.15 bits per heavy atom. The molecule has 1 aliphatic rings. The van der Waals surface area contributed by atoms with Crippen LogP contribution in [-0.2, 0) is 0 Å². The van der Waals surface area contributed by atoms with Crippen LogP contribution in [0.3, 0.4) is 0 Å². The summed E-state index contributed by atoms with van der Waals surface area (Å²) < 4.78 is 0. The summed E-state index contributed by atoms with van der Waals surface area (Å²) in [5.74, 6) is 1.50. The number of nitrogens with two attached hydrogens (primary N) is 1. The highest BCUT2D eigenvalue weighted by atomic mass is 15.4. The summed E-state index contributed by atoms with van der Waals surface area (Å²) in [7, 11) is 0. The van der Waals surface area contributed by atoms with Gasteiger partial charge in [-0.05, 0) is 38.8 Å². The highest BCUT2D eigenvalue weighted by Crippen LogP contribution is 2.22. The van der Waals surface area contributed by atoms with Crippen molar-refractivity contribution in [1.82, 2.24) is 20.2 Å². The largest absolute Gasteiger partial charge is 0.338 e. The van der Waals surface area contributed by atoms with Crippen LogP contribution in [0.1, 0.15) is 24.2 Å². The van der Waals surface area contributed by atoms with Gasteiger partial charge in [-0.1, -0.05) is 0 Å². The van der Waals surface area contributed by atoms with E-state index in [9.17, 15) is 0 Å². The molecule has 0 aromatic carbocycles. The van der Waals surface area contributed by atoms with Crippen molar-refractivity contribution in [3.05, 3.63) is 23.5 Å². The maximum absolute atomic E-state index is 6.00. The Bertz CT molecular complexity index is 605. The first-order chi connectivity index (χ1) is 9.63. The molecule has 6 nitrogen and oxygen atoms in total. The minimum absolute atomic E-state index is 0.216. The van der Waals surface area contributed by atoms with Crippen molar-refractivity contribution >= 4 is 5.95 Å². The smallest absolute Gasteiger partial charge is 0.245 e. The maximum atomic E-state index is 6.00. The van der Waals surface area contributed by atoms with Gasteiger partial charge < -0.3 is 10.6 Å². The third-order valence-corrected chi connectivity index (χ3v) is 3.69. The van der Waals surface area contributed by atoms with Crippen molar-refractivity contribution < 1.29 is 0 Å². The molecule has 0 saturated carbocycles. The number of nitrogens with zero attached hydrogens (tertiary/aromatic N) is 4. The van der Waals surface area contributed by atoms with Gasteiger partial charge >= 0.3 is 0 Å². The van der Waals surface area contributed by atoms with Crippen LogP contribution >= 0.6 is 0 Å². The number of H-pyrrole nitrogens is 1. The molecule has 1 saturated heterocycles. The van der Waals surface area contributed by atoms with E-state index in [0.717, 1.165) is 54.7 Å². The van der Waals surface area contributed by atoms with E-state index in [4.69, 9.17) is 5.73 Å². The van der Waals surface area contributed by atoms with Crippen LogP contribution in [-0.4, -0.2) is 39.3 Å². The Morgan fingerprint density at radius 1 is 1.30 bits per heavy atom. The van der Waals surface area contributed by atoms with Crippen LogP contribution in [0.2, 0.25) is 0 Å². The molecule has 2 aromatic heterocycles. The van der Waals surface area contributed by atoms with Crippen LogP contribution < -0.4 is 10.6 Å². The van der Waals surface area contributed by atoms with Gasteiger partial charge in [0.2, 0.25) is 5.95 Å². The van der Waals surface area contributed by atoms with E-state index in [0.29, 0.717) is 0 Å². The van der Waals surface area contributed by atoms with Gasteiger partial charge in [0.1, 0.15) is 0 Å². The first kappa shape index (κ1) is 13.1. The van der Waals surface area contributed by atoms with E-state index in [1.165, 1.54) is 0 Å². The molecule has 6 heteroatoms. The lowest BCUT2D eigenvalue weighted by molar-refractivity contribution is 0.500. The number of hydrogen-bond donors (Lipinski definition) is 2. The number of rotatable bonds is 2. The molecule has 0 amide bonds. The second kappa shape index (κ2) is 5.20. The van der Waals surface area contributed by atoms with Gasteiger partial charge in [-0.3, -0.25) is 10.1 Å². The van der Waals surface area contributed by atoms with E-state index in [1.54, 1.807) is 0 Å². The molecular formula is C14H20N6. The topological polar surface area (TPSA) is 83.7 Å². The first-order valence-corrected chi connectivity index (χ1v) is 7.01. The fourth-order valence-corrected chi connectivity index (χ4v) is 2.64. The maximum Gasteiger partial charge on any atom is 0.245 e. The Balaban J connectivity index is 1.86. The molecule has 1 aliphatic heterocycles. The minimum atomic E-state index is 0.216. The zero-order valence-electron chi connectivity index (χ0n) is 11.9. The number of nitrogens with one attached hydrogen (secondary N) is 1. The second-order valence-corrected chi connectivity index (χ2v) is 5.42. The van der Waals surface area contributed by atoms with E-state index >= 15 is 0 Å². The van der Waals surface area contributed by atoms with E-state index < -0.39 is 0 Å². The summed E-state index contributed by atoms with van der Waals surface area (Å²) in [5.41, 5.74) is 8.97. The van der Waals surface area contributed by atoms with Crippen molar-refractivity contribution in [3.63, 3.8) is 0 Å². The third kappa shape index (κ3) is 2.51. The average Bonchev–Trinajstić information content (AvgIpc) is 2.88. The zero-order valence-corrected chi connectivity index (χ0v) is 11.9. The van der Waals surface area contributed by atoms with E-state index in [1.807, 2.05) is 26.0 Å². The fourth-order valence-electron chi connectivity index (χ4n) is 2.64. The van der Waals surface area contributed by atoms with Crippen molar-refractivity contribution in [3.8, 4) is 11.4 Å². The molecule has 106 valence electrons. The highest BCUT2D eigenvalue weighted by molar-refractivity contribution is 5.59. The van der Waals surface area contributed by atoms with Crippen LogP contribution in [0.5, 0.6) is 0 Å². The molecule has 0 spiro atoms. The minimum Gasteiger partial charge on any atom is -0.338 e. The third-order valence-electron chi connectivity index (χ3n) is 3.69. The quantitative estimate of drug-likeness (QED) is 0.863. The van der Waals surface area contributed by atoms with E-state index in [-0.39, 0.29) is 6.04 Å². The molecule has 3 heterocycles. The summed E-state index contributed by atoms with van der Waals surface area (Å²) in [6.45, 7) is 5.76. The molecule has 1 fully saturated rings. The molecule has 3 rings (SSSR count). The number of aromatic nitrogens is 4. The molecule has 0 aliphatic carbocycles. The van der Waals surface area contributed by atoms with Crippen LogP contribution in [0.4, 0.5) is 5.95 Å². The number of pyridine rings is 1. The van der Waals surface area contributed by atoms with Gasteiger partial charge in [-0.25, -0.2) is 0 Å². The predicted molar refractivity (Wildman–Crippen MR) is 78.5 cm³/mol.